The van der Waals surface area contributed by atoms with Crippen molar-refractivity contribution in [2.24, 2.45) is 17.1 Å². The third-order valence-electron chi connectivity index (χ3n) is 3.35. The van der Waals surface area contributed by atoms with Crippen molar-refractivity contribution in [2.45, 2.75) is 32.8 Å². The van der Waals surface area contributed by atoms with Gasteiger partial charge in [-0.05, 0) is 12.3 Å². The molecule has 0 saturated carbocycles. The minimum atomic E-state index is -0.315. The Kier molecular flexibility index (Phi) is 3.71. The van der Waals surface area contributed by atoms with Crippen LogP contribution in [0.15, 0.2) is 0 Å². The lowest BCUT2D eigenvalue weighted by atomic mass is 9.75. The van der Waals surface area contributed by atoms with E-state index in [0.29, 0.717) is 19.1 Å². The number of aliphatic hydroxyl groups excluding tert-OH is 1. The summed E-state index contributed by atoms with van der Waals surface area (Å²) in [6, 6.07) is 0. The monoisotopic (exact) mass is 187 g/mol. The number of hydrogen-bond donors (Lipinski definition) is 2. The Labute approximate surface area is 80.3 Å². The van der Waals surface area contributed by atoms with Gasteiger partial charge in [0, 0.05) is 18.6 Å². The van der Waals surface area contributed by atoms with E-state index in [1.807, 2.05) is 0 Å². The van der Waals surface area contributed by atoms with Crippen molar-refractivity contribution in [1.82, 2.24) is 0 Å². The van der Waals surface area contributed by atoms with Crippen LogP contribution in [0.5, 0.6) is 0 Å². The van der Waals surface area contributed by atoms with Crippen LogP contribution in [-0.4, -0.2) is 31.0 Å². The van der Waals surface area contributed by atoms with E-state index in [2.05, 4.69) is 13.8 Å². The van der Waals surface area contributed by atoms with E-state index in [9.17, 15) is 5.11 Å². The SMILES string of the molecule is CCC(C)C(O)C1(CN)CCOC1. The summed E-state index contributed by atoms with van der Waals surface area (Å²) in [5, 5.41) is 10.1. The van der Waals surface area contributed by atoms with E-state index in [-0.39, 0.29) is 11.5 Å². The highest BCUT2D eigenvalue weighted by Crippen LogP contribution is 2.35. The summed E-state index contributed by atoms with van der Waals surface area (Å²) in [6.07, 6.45) is 1.57. The van der Waals surface area contributed by atoms with E-state index < -0.39 is 0 Å². The van der Waals surface area contributed by atoms with Gasteiger partial charge < -0.3 is 15.6 Å². The van der Waals surface area contributed by atoms with Gasteiger partial charge in [-0.15, -0.1) is 0 Å². The smallest absolute Gasteiger partial charge is 0.0656 e. The number of rotatable bonds is 4. The molecule has 0 aromatic heterocycles. The molecule has 3 heteroatoms. The Morgan fingerprint density at radius 3 is 2.69 bits per heavy atom. The minimum Gasteiger partial charge on any atom is -0.392 e. The Bertz CT molecular complexity index is 155. The Balaban J connectivity index is 2.64. The van der Waals surface area contributed by atoms with Crippen molar-refractivity contribution in [2.75, 3.05) is 19.8 Å². The van der Waals surface area contributed by atoms with E-state index in [4.69, 9.17) is 10.5 Å². The zero-order valence-corrected chi connectivity index (χ0v) is 8.62. The molecule has 1 heterocycles. The summed E-state index contributed by atoms with van der Waals surface area (Å²) in [5.74, 6) is 0.310. The molecule has 1 fully saturated rings. The maximum atomic E-state index is 10.1. The molecule has 3 nitrogen and oxygen atoms in total. The predicted molar refractivity (Wildman–Crippen MR) is 52.4 cm³/mol. The van der Waals surface area contributed by atoms with Gasteiger partial charge in [0.25, 0.3) is 0 Å². The maximum absolute atomic E-state index is 10.1. The molecule has 0 amide bonds. The molecule has 3 atom stereocenters. The average molecular weight is 187 g/mol. The van der Waals surface area contributed by atoms with Crippen LogP contribution >= 0.6 is 0 Å². The zero-order valence-electron chi connectivity index (χ0n) is 8.62. The molecule has 0 radical (unpaired) electrons. The molecular weight excluding hydrogens is 166 g/mol. The fraction of sp³-hybridized carbons (Fsp3) is 1.00. The van der Waals surface area contributed by atoms with Crippen molar-refractivity contribution in [3.63, 3.8) is 0 Å². The van der Waals surface area contributed by atoms with Gasteiger partial charge in [-0.3, -0.25) is 0 Å². The number of nitrogens with two attached hydrogens (primary N) is 1. The minimum absolute atomic E-state index is 0.171. The van der Waals surface area contributed by atoms with Crippen molar-refractivity contribution >= 4 is 0 Å². The average Bonchev–Trinajstić information content (AvgIpc) is 2.65. The van der Waals surface area contributed by atoms with E-state index >= 15 is 0 Å². The molecule has 13 heavy (non-hydrogen) atoms. The molecule has 1 aliphatic heterocycles. The van der Waals surface area contributed by atoms with Crippen LogP contribution in [0, 0.1) is 11.3 Å². The number of hydrogen-bond acceptors (Lipinski definition) is 3. The summed E-state index contributed by atoms with van der Waals surface area (Å²) in [5.41, 5.74) is 5.55. The van der Waals surface area contributed by atoms with E-state index in [1.165, 1.54) is 0 Å². The third-order valence-corrected chi connectivity index (χ3v) is 3.35. The lowest BCUT2D eigenvalue weighted by molar-refractivity contribution is -0.0159. The molecule has 3 unspecified atom stereocenters. The second-order valence-electron chi connectivity index (χ2n) is 4.20. The van der Waals surface area contributed by atoms with Gasteiger partial charge in [-0.25, -0.2) is 0 Å². The van der Waals surface area contributed by atoms with Gasteiger partial charge in [-0.1, -0.05) is 20.3 Å². The first kappa shape index (κ1) is 11.0. The van der Waals surface area contributed by atoms with E-state index in [1.54, 1.807) is 0 Å². The van der Waals surface area contributed by atoms with Crippen molar-refractivity contribution in [3.05, 3.63) is 0 Å². The first-order valence-electron chi connectivity index (χ1n) is 5.12. The largest absolute Gasteiger partial charge is 0.392 e. The van der Waals surface area contributed by atoms with Gasteiger partial charge >= 0.3 is 0 Å². The molecule has 0 spiro atoms. The summed E-state index contributed by atoms with van der Waals surface area (Å²) < 4.78 is 5.33. The molecule has 0 aliphatic carbocycles. The van der Waals surface area contributed by atoms with Gasteiger partial charge in [-0.2, -0.15) is 0 Å². The van der Waals surface area contributed by atoms with Crippen LogP contribution in [0.3, 0.4) is 0 Å². The van der Waals surface area contributed by atoms with Crippen LogP contribution < -0.4 is 5.73 Å². The highest BCUT2D eigenvalue weighted by Gasteiger charge is 2.42. The second kappa shape index (κ2) is 4.40. The zero-order chi connectivity index (χ0) is 9.90. The van der Waals surface area contributed by atoms with Crippen LogP contribution in [-0.2, 0) is 4.74 Å². The summed E-state index contributed by atoms with van der Waals surface area (Å²) in [4.78, 5) is 0. The molecule has 0 bridgehead atoms. The molecular formula is C10H21NO2. The third kappa shape index (κ3) is 2.03. The fourth-order valence-corrected chi connectivity index (χ4v) is 1.96. The standard InChI is InChI=1S/C10H21NO2/c1-3-8(2)9(12)10(6-11)4-5-13-7-10/h8-9,12H,3-7,11H2,1-2H3. The second-order valence-corrected chi connectivity index (χ2v) is 4.20. The van der Waals surface area contributed by atoms with Gasteiger partial charge in [0.2, 0.25) is 0 Å². The summed E-state index contributed by atoms with van der Waals surface area (Å²) in [6.45, 7) is 6.05. The summed E-state index contributed by atoms with van der Waals surface area (Å²) >= 11 is 0. The van der Waals surface area contributed by atoms with E-state index in [0.717, 1.165) is 19.4 Å². The van der Waals surface area contributed by atoms with Crippen molar-refractivity contribution < 1.29 is 9.84 Å². The van der Waals surface area contributed by atoms with Gasteiger partial charge in [0.15, 0.2) is 0 Å². The van der Waals surface area contributed by atoms with Gasteiger partial charge in [0.05, 0.1) is 12.7 Å². The van der Waals surface area contributed by atoms with Crippen LogP contribution in [0.1, 0.15) is 26.7 Å². The summed E-state index contributed by atoms with van der Waals surface area (Å²) in [7, 11) is 0. The lowest BCUT2D eigenvalue weighted by Gasteiger charge is -2.34. The quantitative estimate of drug-likeness (QED) is 0.683. The molecule has 1 saturated heterocycles. The lowest BCUT2D eigenvalue weighted by Crippen LogP contribution is -2.45. The molecule has 1 rings (SSSR count). The molecule has 0 aromatic rings. The highest BCUT2D eigenvalue weighted by atomic mass is 16.5. The predicted octanol–water partition coefficient (Wildman–Crippen LogP) is 0.759. The maximum Gasteiger partial charge on any atom is 0.0656 e. The fourth-order valence-electron chi connectivity index (χ4n) is 1.96. The molecule has 1 aliphatic rings. The molecule has 0 aromatic carbocycles. The molecule has 78 valence electrons. The highest BCUT2D eigenvalue weighted by molar-refractivity contribution is 4.92. The Hall–Kier alpha value is -0.120. The number of ether oxygens (including phenoxy) is 1. The van der Waals surface area contributed by atoms with Crippen LogP contribution in [0.2, 0.25) is 0 Å². The van der Waals surface area contributed by atoms with Crippen molar-refractivity contribution in [3.8, 4) is 0 Å². The Morgan fingerprint density at radius 1 is 1.62 bits per heavy atom. The topological polar surface area (TPSA) is 55.5 Å². The van der Waals surface area contributed by atoms with Gasteiger partial charge in [0.1, 0.15) is 0 Å². The first-order chi connectivity index (χ1) is 6.16. The Morgan fingerprint density at radius 2 is 2.31 bits per heavy atom. The normalized spacial score (nSPS) is 33.2. The molecule has 3 N–H and O–H groups in total. The van der Waals surface area contributed by atoms with Crippen molar-refractivity contribution in [1.29, 1.82) is 0 Å². The van der Waals surface area contributed by atoms with Crippen LogP contribution in [0.25, 0.3) is 0 Å². The first-order valence-corrected chi connectivity index (χ1v) is 5.12. The van der Waals surface area contributed by atoms with Crippen LogP contribution in [0.4, 0.5) is 0 Å². The number of aliphatic hydroxyl groups is 1.